The van der Waals surface area contributed by atoms with E-state index in [1.807, 2.05) is 43.3 Å². The molecule has 7 heteroatoms. The summed E-state index contributed by atoms with van der Waals surface area (Å²) in [5.74, 6) is 1.26. The Balaban J connectivity index is 1.85. The van der Waals surface area contributed by atoms with Gasteiger partial charge in [0.1, 0.15) is 28.2 Å². The maximum atomic E-state index is 13.0. The number of hydrogen-bond acceptors (Lipinski definition) is 6. The molecule has 0 radical (unpaired) electrons. The van der Waals surface area contributed by atoms with Crippen LogP contribution in [0.15, 0.2) is 47.3 Å². The number of hydrogen-bond donors (Lipinski definition) is 0. The van der Waals surface area contributed by atoms with Crippen LogP contribution in [0.25, 0.3) is 10.1 Å². The summed E-state index contributed by atoms with van der Waals surface area (Å²) in [5.41, 5.74) is 1.01. The maximum absolute atomic E-state index is 13.0. The highest BCUT2D eigenvalue weighted by Gasteiger charge is 2.17. The normalized spacial score (nSPS) is 11.1. The number of rotatable bonds is 11. The van der Waals surface area contributed by atoms with Gasteiger partial charge in [0.15, 0.2) is 0 Å². The fourth-order valence-electron chi connectivity index (χ4n) is 2.81. The van der Waals surface area contributed by atoms with E-state index in [1.54, 1.807) is 17.1 Å². The number of benzene rings is 2. The first-order valence-corrected chi connectivity index (χ1v) is 10.0. The van der Waals surface area contributed by atoms with Crippen molar-refractivity contribution >= 4 is 21.6 Å². The molecule has 0 N–H and O–H groups in total. The summed E-state index contributed by atoms with van der Waals surface area (Å²) < 4.78 is 24.5. The lowest BCUT2D eigenvalue weighted by Gasteiger charge is -2.09. The Morgan fingerprint density at radius 3 is 2.43 bits per heavy atom. The van der Waals surface area contributed by atoms with Gasteiger partial charge in [-0.3, -0.25) is 8.75 Å². The molecule has 0 fully saturated rings. The van der Waals surface area contributed by atoms with Gasteiger partial charge < -0.3 is 18.9 Å². The van der Waals surface area contributed by atoms with Gasteiger partial charge in [0.05, 0.1) is 33.0 Å². The van der Waals surface area contributed by atoms with Gasteiger partial charge in [-0.2, -0.15) is 0 Å². The molecule has 2 aromatic carbocycles. The van der Waals surface area contributed by atoms with Crippen LogP contribution in [0.3, 0.4) is 0 Å². The van der Waals surface area contributed by atoms with E-state index in [4.69, 9.17) is 18.9 Å². The minimum atomic E-state index is -0.0610. The average Bonchev–Trinajstić information content (AvgIpc) is 3.04. The fourth-order valence-corrected chi connectivity index (χ4v) is 3.92. The fraction of sp³-hybridized carbons (Fsp3) is 0.381. The van der Waals surface area contributed by atoms with E-state index in [9.17, 15) is 4.79 Å². The number of aromatic nitrogens is 1. The second-order valence-corrected chi connectivity index (χ2v) is 7.10. The first-order chi connectivity index (χ1) is 13.7. The minimum Gasteiger partial charge on any atom is -0.493 e. The molecule has 0 saturated carbocycles. The van der Waals surface area contributed by atoms with Crippen molar-refractivity contribution in [2.24, 2.45) is 0 Å². The summed E-state index contributed by atoms with van der Waals surface area (Å²) in [4.78, 5) is 13.0. The Morgan fingerprint density at radius 2 is 1.68 bits per heavy atom. The van der Waals surface area contributed by atoms with Gasteiger partial charge in [-0.15, -0.1) is 0 Å². The van der Waals surface area contributed by atoms with Crippen molar-refractivity contribution in [3.8, 4) is 11.5 Å². The molecule has 3 aromatic rings. The van der Waals surface area contributed by atoms with Crippen molar-refractivity contribution in [2.75, 3.05) is 40.1 Å². The molecule has 0 aliphatic rings. The molecule has 0 saturated heterocycles. The molecule has 28 heavy (non-hydrogen) atoms. The van der Waals surface area contributed by atoms with Crippen LogP contribution in [0.4, 0.5) is 0 Å². The summed E-state index contributed by atoms with van der Waals surface area (Å²) in [6.07, 6.45) is 0. The predicted molar refractivity (Wildman–Crippen MR) is 111 cm³/mol. The molecular formula is C21H25NO5S. The lowest BCUT2D eigenvalue weighted by molar-refractivity contribution is 0.0547. The highest BCUT2D eigenvalue weighted by Crippen LogP contribution is 2.35. The topological polar surface area (TPSA) is 58.9 Å². The van der Waals surface area contributed by atoms with E-state index < -0.39 is 0 Å². The lowest BCUT2D eigenvalue weighted by Crippen LogP contribution is -2.14. The molecule has 6 nitrogen and oxygen atoms in total. The van der Waals surface area contributed by atoms with Crippen LogP contribution in [0.5, 0.6) is 11.5 Å². The van der Waals surface area contributed by atoms with Crippen LogP contribution in [-0.2, 0) is 16.0 Å². The number of nitrogens with zero attached hydrogens (tertiary/aromatic N) is 1. The SMILES string of the molecule is CCOc1ccc(OCCOCCOC)c2sn(Cc3ccccc3)c(=O)c12. The van der Waals surface area contributed by atoms with Crippen LogP contribution < -0.4 is 15.0 Å². The Bertz CT molecular complexity index is 935. The molecule has 0 amide bonds. The van der Waals surface area contributed by atoms with Gasteiger partial charge in [-0.1, -0.05) is 41.9 Å². The number of methoxy groups -OCH3 is 1. The Kier molecular flexibility index (Phi) is 7.47. The van der Waals surface area contributed by atoms with Crippen LogP contribution in [0.1, 0.15) is 12.5 Å². The summed E-state index contributed by atoms with van der Waals surface area (Å²) in [7, 11) is 1.64. The highest BCUT2D eigenvalue weighted by atomic mass is 32.1. The average molecular weight is 404 g/mol. The molecule has 0 bridgehead atoms. The predicted octanol–water partition coefficient (Wildman–Crippen LogP) is 3.55. The van der Waals surface area contributed by atoms with Crippen molar-refractivity contribution in [2.45, 2.75) is 13.5 Å². The van der Waals surface area contributed by atoms with E-state index in [2.05, 4.69) is 0 Å². The Hall–Kier alpha value is -2.35. The number of ether oxygens (including phenoxy) is 4. The first-order valence-electron chi connectivity index (χ1n) is 9.27. The van der Waals surface area contributed by atoms with Crippen molar-refractivity contribution < 1.29 is 18.9 Å². The van der Waals surface area contributed by atoms with Crippen LogP contribution >= 0.6 is 11.5 Å². The van der Waals surface area contributed by atoms with Gasteiger partial charge in [-0.25, -0.2) is 0 Å². The monoisotopic (exact) mass is 403 g/mol. The second kappa shape index (κ2) is 10.3. The summed E-state index contributed by atoms with van der Waals surface area (Å²) in [6, 6.07) is 13.6. The van der Waals surface area contributed by atoms with E-state index >= 15 is 0 Å². The molecule has 0 unspecified atom stereocenters. The quantitative estimate of drug-likeness (QED) is 0.458. The molecule has 150 valence electrons. The van der Waals surface area contributed by atoms with Gasteiger partial charge in [0.2, 0.25) is 0 Å². The molecule has 1 aromatic heterocycles. The van der Waals surface area contributed by atoms with E-state index in [0.29, 0.717) is 56.5 Å². The van der Waals surface area contributed by atoms with Gasteiger partial charge >= 0.3 is 0 Å². The molecule has 1 heterocycles. The van der Waals surface area contributed by atoms with Crippen LogP contribution in [0, 0.1) is 0 Å². The van der Waals surface area contributed by atoms with Gasteiger partial charge in [0, 0.05) is 7.11 Å². The van der Waals surface area contributed by atoms with Crippen molar-refractivity contribution in [1.82, 2.24) is 3.96 Å². The molecule has 0 aliphatic carbocycles. The third-order valence-corrected chi connectivity index (χ3v) is 5.21. The zero-order valence-corrected chi connectivity index (χ0v) is 17.0. The molecule has 0 spiro atoms. The van der Waals surface area contributed by atoms with Gasteiger partial charge in [0.25, 0.3) is 5.56 Å². The minimum absolute atomic E-state index is 0.0610. The van der Waals surface area contributed by atoms with E-state index in [-0.39, 0.29) is 5.56 Å². The Morgan fingerprint density at radius 1 is 0.929 bits per heavy atom. The maximum Gasteiger partial charge on any atom is 0.272 e. The molecule has 3 rings (SSSR count). The zero-order valence-electron chi connectivity index (χ0n) is 16.2. The highest BCUT2D eigenvalue weighted by molar-refractivity contribution is 7.14. The zero-order chi connectivity index (χ0) is 19.8. The van der Waals surface area contributed by atoms with Crippen molar-refractivity contribution in [3.63, 3.8) is 0 Å². The van der Waals surface area contributed by atoms with Crippen molar-refractivity contribution in [3.05, 3.63) is 58.4 Å². The van der Waals surface area contributed by atoms with Crippen LogP contribution in [-0.4, -0.2) is 44.1 Å². The first kappa shape index (κ1) is 20.4. The smallest absolute Gasteiger partial charge is 0.272 e. The summed E-state index contributed by atoms with van der Waals surface area (Å²) in [6.45, 7) is 4.86. The largest absolute Gasteiger partial charge is 0.493 e. The second-order valence-electron chi connectivity index (χ2n) is 6.07. The third kappa shape index (κ3) is 4.92. The van der Waals surface area contributed by atoms with Gasteiger partial charge in [-0.05, 0) is 24.6 Å². The number of fused-ring (bicyclic) bond motifs is 1. The molecule has 0 atom stereocenters. The van der Waals surface area contributed by atoms with Crippen LogP contribution in [0.2, 0.25) is 0 Å². The van der Waals surface area contributed by atoms with E-state index in [0.717, 1.165) is 10.3 Å². The standard InChI is InChI=1S/C21H25NO5S/c1-3-26-17-9-10-18(27-14-13-25-12-11-24-2)20-19(17)21(23)22(28-20)15-16-7-5-4-6-8-16/h4-10H,3,11-15H2,1-2H3. The summed E-state index contributed by atoms with van der Waals surface area (Å²) in [5, 5.41) is 0.570. The Labute approximate surface area is 168 Å². The lowest BCUT2D eigenvalue weighted by atomic mass is 10.2. The summed E-state index contributed by atoms with van der Waals surface area (Å²) >= 11 is 1.40. The van der Waals surface area contributed by atoms with Crippen molar-refractivity contribution in [1.29, 1.82) is 0 Å². The molecular weight excluding hydrogens is 378 g/mol. The molecule has 0 aliphatic heterocycles. The third-order valence-electron chi connectivity index (χ3n) is 4.11. The van der Waals surface area contributed by atoms with E-state index in [1.165, 1.54) is 11.5 Å².